The van der Waals surface area contributed by atoms with Crippen molar-refractivity contribution in [3.05, 3.63) is 23.8 Å². The molecule has 2 heterocycles. The van der Waals surface area contributed by atoms with Crippen molar-refractivity contribution in [3.63, 3.8) is 0 Å². The van der Waals surface area contributed by atoms with Crippen molar-refractivity contribution in [2.75, 3.05) is 24.8 Å². The summed E-state index contributed by atoms with van der Waals surface area (Å²) >= 11 is 0. The lowest BCUT2D eigenvalue weighted by Crippen LogP contribution is -2.39. The lowest BCUT2D eigenvalue weighted by atomic mass is 10.1. The molecule has 1 fully saturated rings. The Kier molecular flexibility index (Phi) is 4.34. The van der Waals surface area contributed by atoms with E-state index < -0.39 is 9.84 Å². The zero-order valence-corrected chi connectivity index (χ0v) is 13.7. The van der Waals surface area contributed by atoms with Gasteiger partial charge < -0.3 is 20.1 Å². The third-order valence-corrected chi connectivity index (χ3v) is 5.96. The van der Waals surface area contributed by atoms with Crippen molar-refractivity contribution >= 4 is 15.9 Å². The maximum Gasteiger partial charge on any atom is 0.315 e. The van der Waals surface area contributed by atoms with Crippen LogP contribution in [0, 0.1) is 5.92 Å². The normalized spacial score (nSPS) is 22.6. The van der Waals surface area contributed by atoms with E-state index in [0.29, 0.717) is 24.5 Å². The van der Waals surface area contributed by atoms with Gasteiger partial charge in [0.15, 0.2) is 21.3 Å². The highest BCUT2D eigenvalue weighted by Crippen LogP contribution is 2.34. The SMILES string of the molecule is C[C@@H](NC(=O)NC[C@H]1CCS(=O)(=O)C1)c1ccc2c(c1)OCO2. The first-order valence-corrected chi connectivity index (χ1v) is 9.39. The molecule has 2 N–H and O–H groups in total. The van der Waals surface area contributed by atoms with Gasteiger partial charge in [-0.25, -0.2) is 13.2 Å². The van der Waals surface area contributed by atoms with Crippen LogP contribution in [0.2, 0.25) is 0 Å². The Hall–Kier alpha value is -1.96. The molecule has 2 atom stereocenters. The Balaban J connectivity index is 1.49. The van der Waals surface area contributed by atoms with E-state index in [-0.39, 0.29) is 36.3 Å². The van der Waals surface area contributed by atoms with Crippen LogP contribution in [0.5, 0.6) is 11.5 Å². The summed E-state index contributed by atoms with van der Waals surface area (Å²) in [5.74, 6) is 1.76. The Bertz CT molecular complexity index is 704. The quantitative estimate of drug-likeness (QED) is 0.859. The van der Waals surface area contributed by atoms with Crippen LogP contribution >= 0.6 is 0 Å². The average molecular weight is 340 g/mol. The van der Waals surface area contributed by atoms with Crippen LogP contribution in [0.25, 0.3) is 0 Å². The lowest BCUT2D eigenvalue weighted by molar-refractivity contribution is 0.174. The van der Waals surface area contributed by atoms with Crippen molar-refractivity contribution in [2.24, 2.45) is 5.92 Å². The molecule has 3 rings (SSSR count). The van der Waals surface area contributed by atoms with E-state index in [1.54, 1.807) is 0 Å². The average Bonchev–Trinajstić information content (AvgIpc) is 3.10. The third-order valence-electron chi connectivity index (χ3n) is 4.12. The van der Waals surface area contributed by atoms with Gasteiger partial charge in [-0.05, 0) is 37.0 Å². The summed E-state index contributed by atoms with van der Waals surface area (Å²) in [7, 11) is -2.91. The number of nitrogens with one attached hydrogen (secondary N) is 2. The number of urea groups is 1. The molecule has 0 saturated carbocycles. The lowest BCUT2D eigenvalue weighted by Gasteiger charge is -2.16. The first kappa shape index (κ1) is 15.9. The van der Waals surface area contributed by atoms with Crippen molar-refractivity contribution < 1.29 is 22.7 Å². The minimum atomic E-state index is -2.91. The molecule has 0 aliphatic carbocycles. The highest BCUT2D eigenvalue weighted by atomic mass is 32.2. The standard InChI is InChI=1S/C15H20N2O5S/c1-10(12-2-3-13-14(6-12)22-9-21-13)17-15(18)16-7-11-4-5-23(19,20)8-11/h2-3,6,10-11H,4-5,7-9H2,1H3,(H2,16,17,18)/t10-,11-/m1/s1. The van der Waals surface area contributed by atoms with Crippen molar-refractivity contribution in [1.29, 1.82) is 0 Å². The molecule has 2 aliphatic rings. The molecule has 1 aromatic carbocycles. The second-order valence-electron chi connectivity index (χ2n) is 5.96. The summed E-state index contributed by atoms with van der Waals surface area (Å²) in [5, 5.41) is 5.58. The molecule has 0 unspecified atom stereocenters. The number of carbonyl (C=O) groups excluding carboxylic acids is 1. The zero-order valence-electron chi connectivity index (χ0n) is 12.9. The second kappa shape index (κ2) is 6.27. The molecule has 1 aromatic rings. The van der Waals surface area contributed by atoms with E-state index in [1.165, 1.54) is 0 Å². The summed E-state index contributed by atoms with van der Waals surface area (Å²) in [6.07, 6.45) is 0.611. The van der Waals surface area contributed by atoms with Crippen LogP contribution in [0.3, 0.4) is 0 Å². The number of sulfone groups is 1. The number of carbonyl (C=O) groups is 1. The van der Waals surface area contributed by atoms with Gasteiger partial charge in [-0.15, -0.1) is 0 Å². The van der Waals surface area contributed by atoms with Crippen molar-refractivity contribution in [2.45, 2.75) is 19.4 Å². The summed E-state index contributed by atoms with van der Waals surface area (Å²) in [5.41, 5.74) is 0.910. The van der Waals surface area contributed by atoms with E-state index >= 15 is 0 Å². The van der Waals surface area contributed by atoms with Gasteiger partial charge >= 0.3 is 6.03 Å². The smallest absolute Gasteiger partial charge is 0.315 e. The van der Waals surface area contributed by atoms with Gasteiger partial charge in [-0.1, -0.05) is 6.07 Å². The van der Waals surface area contributed by atoms with E-state index in [0.717, 1.165) is 5.56 Å². The molecule has 8 heteroatoms. The van der Waals surface area contributed by atoms with Gasteiger partial charge in [-0.3, -0.25) is 0 Å². The number of hydrogen-bond acceptors (Lipinski definition) is 5. The fraction of sp³-hybridized carbons (Fsp3) is 0.533. The fourth-order valence-corrected chi connectivity index (χ4v) is 4.65. The van der Waals surface area contributed by atoms with E-state index in [1.807, 2.05) is 25.1 Å². The van der Waals surface area contributed by atoms with Crippen LogP contribution in [-0.4, -0.2) is 39.3 Å². The predicted molar refractivity (Wildman–Crippen MR) is 84.3 cm³/mol. The molecule has 0 spiro atoms. The number of rotatable bonds is 4. The molecule has 2 aliphatic heterocycles. The summed E-state index contributed by atoms with van der Waals surface area (Å²) in [6, 6.07) is 5.03. The number of hydrogen-bond donors (Lipinski definition) is 2. The van der Waals surface area contributed by atoms with Crippen LogP contribution in [0.15, 0.2) is 18.2 Å². The van der Waals surface area contributed by atoms with Crippen LogP contribution < -0.4 is 20.1 Å². The fourth-order valence-electron chi connectivity index (χ4n) is 2.78. The van der Waals surface area contributed by atoms with Gasteiger partial charge in [0.25, 0.3) is 0 Å². The monoisotopic (exact) mass is 340 g/mol. The van der Waals surface area contributed by atoms with Gasteiger partial charge in [0, 0.05) is 6.54 Å². The Labute approximate surface area is 135 Å². The molecular weight excluding hydrogens is 320 g/mol. The van der Waals surface area contributed by atoms with Crippen LogP contribution in [0.1, 0.15) is 24.9 Å². The first-order valence-electron chi connectivity index (χ1n) is 7.57. The molecule has 0 radical (unpaired) electrons. The highest BCUT2D eigenvalue weighted by Gasteiger charge is 2.28. The first-order chi connectivity index (χ1) is 10.9. The van der Waals surface area contributed by atoms with Gasteiger partial charge in [-0.2, -0.15) is 0 Å². The number of fused-ring (bicyclic) bond motifs is 1. The topological polar surface area (TPSA) is 93.7 Å². The Morgan fingerprint density at radius 1 is 1.35 bits per heavy atom. The molecule has 0 bridgehead atoms. The molecule has 1 saturated heterocycles. The van der Waals surface area contributed by atoms with Gasteiger partial charge in [0.1, 0.15) is 0 Å². The maximum atomic E-state index is 12.0. The van der Waals surface area contributed by atoms with Crippen molar-refractivity contribution in [3.8, 4) is 11.5 Å². The molecule has 23 heavy (non-hydrogen) atoms. The minimum absolute atomic E-state index is 0.00611. The van der Waals surface area contributed by atoms with Crippen LogP contribution in [0.4, 0.5) is 4.79 Å². The van der Waals surface area contributed by atoms with Crippen LogP contribution in [-0.2, 0) is 9.84 Å². The number of ether oxygens (including phenoxy) is 2. The molecule has 126 valence electrons. The largest absolute Gasteiger partial charge is 0.454 e. The molecule has 2 amide bonds. The zero-order chi connectivity index (χ0) is 16.4. The third kappa shape index (κ3) is 3.87. The summed E-state index contributed by atoms with van der Waals surface area (Å²) < 4.78 is 33.4. The van der Waals surface area contributed by atoms with E-state index in [9.17, 15) is 13.2 Å². The Morgan fingerprint density at radius 3 is 2.87 bits per heavy atom. The second-order valence-corrected chi connectivity index (χ2v) is 8.19. The Morgan fingerprint density at radius 2 is 2.13 bits per heavy atom. The molecule has 7 nitrogen and oxygen atoms in total. The molecular formula is C15H20N2O5S. The summed E-state index contributed by atoms with van der Waals surface area (Å²) in [4.78, 5) is 12.0. The van der Waals surface area contributed by atoms with E-state index in [2.05, 4.69) is 10.6 Å². The van der Waals surface area contributed by atoms with Crippen molar-refractivity contribution in [1.82, 2.24) is 10.6 Å². The van der Waals surface area contributed by atoms with Gasteiger partial charge in [0.2, 0.25) is 6.79 Å². The summed E-state index contributed by atoms with van der Waals surface area (Å²) in [6.45, 7) is 2.46. The maximum absolute atomic E-state index is 12.0. The van der Waals surface area contributed by atoms with E-state index in [4.69, 9.17) is 9.47 Å². The highest BCUT2D eigenvalue weighted by molar-refractivity contribution is 7.91. The number of benzene rings is 1. The van der Waals surface area contributed by atoms with Gasteiger partial charge in [0.05, 0.1) is 17.5 Å². The number of amides is 2. The minimum Gasteiger partial charge on any atom is -0.454 e. The molecule has 0 aromatic heterocycles. The predicted octanol–water partition coefficient (Wildman–Crippen LogP) is 1.21.